The SMILES string of the molecule is CCOC(=O)[C@](C)(Br)[C@@H](O)C[C@H](O[Si](C)(C)C)C(C)C. The molecule has 0 fully saturated rings. The Morgan fingerprint density at radius 3 is 2.20 bits per heavy atom. The van der Waals surface area contributed by atoms with Crippen molar-refractivity contribution in [1.29, 1.82) is 0 Å². The van der Waals surface area contributed by atoms with Crippen LogP contribution in [0.5, 0.6) is 0 Å². The van der Waals surface area contributed by atoms with Crippen molar-refractivity contribution in [3.05, 3.63) is 0 Å². The summed E-state index contributed by atoms with van der Waals surface area (Å²) in [6.45, 7) is 14.2. The quantitative estimate of drug-likeness (QED) is 0.405. The second-order valence-electron chi connectivity index (χ2n) is 6.56. The van der Waals surface area contributed by atoms with E-state index >= 15 is 0 Å². The maximum Gasteiger partial charge on any atom is 0.325 e. The minimum absolute atomic E-state index is 0.0667. The Labute approximate surface area is 132 Å². The molecule has 0 aromatic carbocycles. The van der Waals surface area contributed by atoms with E-state index in [0.29, 0.717) is 13.0 Å². The number of alkyl halides is 1. The van der Waals surface area contributed by atoms with Crippen molar-refractivity contribution in [3.63, 3.8) is 0 Å². The Hall–Kier alpha value is 0.0869. The van der Waals surface area contributed by atoms with Crippen LogP contribution in [0.15, 0.2) is 0 Å². The molecule has 0 bridgehead atoms. The Balaban J connectivity index is 4.83. The van der Waals surface area contributed by atoms with Crippen LogP contribution < -0.4 is 0 Å². The molecule has 0 saturated carbocycles. The van der Waals surface area contributed by atoms with Crippen LogP contribution >= 0.6 is 15.9 Å². The van der Waals surface area contributed by atoms with Gasteiger partial charge in [0.25, 0.3) is 0 Å². The summed E-state index contributed by atoms with van der Waals surface area (Å²) in [7, 11) is -1.69. The second kappa shape index (κ2) is 7.92. The number of halogens is 1. The van der Waals surface area contributed by atoms with E-state index in [2.05, 4.69) is 49.4 Å². The third kappa shape index (κ3) is 6.69. The number of hydrogen-bond donors (Lipinski definition) is 1. The number of aliphatic hydroxyl groups is 1. The zero-order valence-corrected chi connectivity index (χ0v) is 16.3. The highest BCUT2D eigenvalue weighted by atomic mass is 79.9. The first-order chi connectivity index (χ1) is 8.91. The summed E-state index contributed by atoms with van der Waals surface area (Å²) >= 11 is 3.30. The highest BCUT2D eigenvalue weighted by molar-refractivity contribution is 9.10. The predicted octanol–water partition coefficient (Wildman–Crippen LogP) is 3.33. The minimum atomic E-state index is -1.69. The molecule has 20 heavy (non-hydrogen) atoms. The zero-order valence-electron chi connectivity index (χ0n) is 13.7. The number of carbonyl (C=O) groups is 1. The number of hydrogen-bond acceptors (Lipinski definition) is 4. The average Bonchev–Trinajstić information content (AvgIpc) is 2.26. The molecule has 0 aliphatic carbocycles. The third-order valence-corrected chi connectivity index (χ3v) is 4.87. The van der Waals surface area contributed by atoms with Crippen LogP contribution in [0.3, 0.4) is 0 Å². The van der Waals surface area contributed by atoms with Gasteiger partial charge in [0.05, 0.1) is 12.7 Å². The van der Waals surface area contributed by atoms with Gasteiger partial charge in [0.15, 0.2) is 8.32 Å². The van der Waals surface area contributed by atoms with E-state index in [-0.39, 0.29) is 12.0 Å². The van der Waals surface area contributed by atoms with Gasteiger partial charge in [-0.05, 0) is 39.4 Å². The van der Waals surface area contributed by atoms with Crippen LogP contribution in [-0.4, -0.2) is 42.5 Å². The van der Waals surface area contributed by atoms with Crippen molar-refractivity contribution in [1.82, 2.24) is 0 Å². The van der Waals surface area contributed by atoms with Gasteiger partial charge >= 0.3 is 5.97 Å². The normalized spacial score (nSPS) is 18.5. The Kier molecular flexibility index (Phi) is 7.95. The summed E-state index contributed by atoms with van der Waals surface area (Å²) < 4.78 is 10.0. The molecule has 0 aromatic heterocycles. The van der Waals surface area contributed by atoms with Gasteiger partial charge in [-0.2, -0.15) is 0 Å². The van der Waals surface area contributed by atoms with Crippen LogP contribution in [0.1, 0.15) is 34.1 Å². The molecule has 0 aliphatic rings. The van der Waals surface area contributed by atoms with E-state index in [1.807, 2.05) is 0 Å². The Bertz CT molecular complexity index is 313. The molecule has 0 unspecified atom stereocenters. The van der Waals surface area contributed by atoms with Crippen molar-refractivity contribution >= 4 is 30.2 Å². The van der Waals surface area contributed by atoms with Gasteiger partial charge in [0.1, 0.15) is 4.32 Å². The molecule has 0 rings (SSSR count). The smallest absolute Gasteiger partial charge is 0.325 e. The lowest BCUT2D eigenvalue weighted by Gasteiger charge is -2.34. The fourth-order valence-electron chi connectivity index (χ4n) is 1.76. The molecular weight excluding hydrogens is 340 g/mol. The van der Waals surface area contributed by atoms with Gasteiger partial charge in [-0.15, -0.1) is 0 Å². The fraction of sp³-hybridized carbons (Fsp3) is 0.929. The summed E-state index contributed by atoms with van der Waals surface area (Å²) in [6, 6.07) is 0. The van der Waals surface area contributed by atoms with Gasteiger partial charge in [0.2, 0.25) is 0 Å². The fourth-order valence-corrected chi connectivity index (χ4v) is 3.34. The summed E-state index contributed by atoms with van der Waals surface area (Å²) in [5.74, 6) is -0.162. The first-order valence-corrected chi connectivity index (χ1v) is 11.3. The van der Waals surface area contributed by atoms with Gasteiger partial charge < -0.3 is 14.3 Å². The number of ether oxygens (including phenoxy) is 1. The number of rotatable bonds is 8. The molecule has 0 radical (unpaired) electrons. The van der Waals surface area contributed by atoms with Crippen LogP contribution in [0.2, 0.25) is 19.6 Å². The van der Waals surface area contributed by atoms with E-state index < -0.39 is 24.7 Å². The maximum absolute atomic E-state index is 11.9. The number of aliphatic hydroxyl groups excluding tert-OH is 1. The van der Waals surface area contributed by atoms with Crippen LogP contribution in [0.25, 0.3) is 0 Å². The maximum atomic E-state index is 11.9. The summed E-state index contributed by atoms with van der Waals surface area (Å²) in [5.41, 5.74) is 0. The van der Waals surface area contributed by atoms with E-state index in [0.717, 1.165) is 0 Å². The molecule has 0 spiro atoms. The van der Waals surface area contributed by atoms with E-state index in [4.69, 9.17) is 9.16 Å². The van der Waals surface area contributed by atoms with Crippen molar-refractivity contribution in [2.24, 2.45) is 5.92 Å². The van der Waals surface area contributed by atoms with Crippen LogP contribution in [-0.2, 0) is 14.0 Å². The van der Waals surface area contributed by atoms with E-state index in [1.165, 1.54) is 0 Å². The molecule has 1 N–H and O–H groups in total. The van der Waals surface area contributed by atoms with E-state index in [1.54, 1.807) is 13.8 Å². The molecule has 0 saturated heterocycles. The predicted molar refractivity (Wildman–Crippen MR) is 87.6 cm³/mol. The van der Waals surface area contributed by atoms with Gasteiger partial charge in [-0.3, -0.25) is 4.79 Å². The highest BCUT2D eigenvalue weighted by Crippen LogP contribution is 2.30. The summed E-state index contributed by atoms with van der Waals surface area (Å²) in [6.07, 6.45) is -0.518. The lowest BCUT2D eigenvalue weighted by molar-refractivity contribution is -0.148. The molecule has 0 aliphatic heterocycles. The summed E-state index contributed by atoms with van der Waals surface area (Å²) in [4.78, 5) is 11.9. The standard InChI is InChI=1S/C14H29BrO4Si/c1-8-18-13(17)14(4,15)12(16)9-11(10(2)3)19-20(5,6)7/h10-12,16H,8-9H2,1-7H3/t11-,12-,14+/m0/s1. The molecule has 4 nitrogen and oxygen atoms in total. The van der Waals surface area contributed by atoms with Crippen molar-refractivity contribution in [2.45, 2.75) is 70.3 Å². The molecule has 0 aromatic rings. The Morgan fingerprint density at radius 2 is 1.85 bits per heavy atom. The molecular formula is C14H29BrO4Si. The molecule has 0 heterocycles. The Morgan fingerprint density at radius 1 is 1.35 bits per heavy atom. The molecule has 0 amide bonds. The first kappa shape index (κ1) is 20.1. The highest BCUT2D eigenvalue weighted by Gasteiger charge is 2.41. The molecule has 3 atom stereocenters. The van der Waals surface area contributed by atoms with Gasteiger partial charge in [-0.1, -0.05) is 29.8 Å². The minimum Gasteiger partial charge on any atom is -0.465 e. The monoisotopic (exact) mass is 368 g/mol. The lowest BCUT2D eigenvalue weighted by atomic mass is 9.94. The summed E-state index contributed by atoms with van der Waals surface area (Å²) in [5, 5.41) is 10.4. The number of esters is 1. The first-order valence-electron chi connectivity index (χ1n) is 7.13. The number of carbonyl (C=O) groups excluding carboxylic acids is 1. The van der Waals surface area contributed by atoms with Crippen molar-refractivity contribution in [2.75, 3.05) is 6.61 Å². The second-order valence-corrected chi connectivity index (χ2v) is 12.7. The molecule has 6 heteroatoms. The average molecular weight is 369 g/mol. The van der Waals surface area contributed by atoms with Crippen molar-refractivity contribution in [3.8, 4) is 0 Å². The van der Waals surface area contributed by atoms with Gasteiger partial charge in [0, 0.05) is 12.5 Å². The van der Waals surface area contributed by atoms with Gasteiger partial charge in [-0.25, -0.2) is 0 Å². The van der Waals surface area contributed by atoms with Crippen molar-refractivity contribution < 1.29 is 19.1 Å². The topological polar surface area (TPSA) is 55.8 Å². The lowest BCUT2D eigenvalue weighted by Crippen LogP contribution is -2.46. The van der Waals surface area contributed by atoms with Crippen LogP contribution in [0, 0.1) is 5.92 Å². The zero-order chi connectivity index (χ0) is 16.1. The third-order valence-electron chi connectivity index (χ3n) is 3.00. The van der Waals surface area contributed by atoms with Crippen LogP contribution in [0.4, 0.5) is 0 Å². The largest absolute Gasteiger partial charge is 0.465 e. The molecule has 120 valence electrons. The van der Waals surface area contributed by atoms with E-state index in [9.17, 15) is 9.90 Å².